The van der Waals surface area contributed by atoms with Gasteiger partial charge in [0.1, 0.15) is 17.7 Å². The molecule has 2 aromatic carbocycles. The number of halogens is 2. The lowest BCUT2D eigenvalue weighted by Gasteiger charge is -2.12. The molecule has 20 heavy (non-hydrogen) atoms. The molecule has 0 amide bonds. The highest BCUT2D eigenvalue weighted by molar-refractivity contribution is 5.78. The van der Waals surface area contributed by atoms with E-state index >= 15 is 0 Å². The van der Waals surface area contributed by atoms with Crippen molar-refractivity contribution in [2.24, 2.45) is 0 Å². The van der Waals surface area contributed by atoms with Crippen LogP contribution in [-0.2, 0) is 0 Å². The Bertz CT molecular complexity index is 753. The van der Waals surface area contributed by atoms with Crippen molar-refractivity contribution in [1.29, 1.82) is 0 Å². The normalized spacial score (nSPS) is 12.6. The van der Waals surface area contributed by atoms with Crippen LogP contribution in [0, 0.1) is 11.6 Å². The molecular formula is C16H11F2NO. The average molecular weight is 271 g/mol. The first-order valence-electron chi connectivity index (χ1n) is 6.12. The van der Waals surface area contributed by atoms with Gasteiger partial charge in [0, 0.05) is 23.2 Å². The number of nitrogens with zero attached hydrogens (tertiary/aromatic N) is 1. The molecule has 0 saturated heterocycles. The van der Waals surface area contributed by atoms with Gasteiger partial charge in [-0.3, -0.25) is 4.98 Å². The molecule has 0 saturated carbocycles. The summed E-state index contributed by atoms with van der Waals surface area (Å²) in [6.07, 6.45) is 0.396. The van der Waals surface area contributed by atoms with E-state index in [2.05, 4.69) is 4.98 Å². The van der Waals surface area contributed by atoms with Crippen molar-refractivity contribution in [3.05, 3.63) is 77.5 Å². The second-order valence-electron chi connectivity index (χ2n) is 4.57. The monoisotopic (exact) mass is 271 g/mol. The van der Waals surface area contributed by atoms with Crippen LogP contribution in [0.2, 0.25) is 0 Å². The van der Waals surface area contributed by atoms with Gasteiger partial charge in [-0.25, -0.2) is 8.78 Å². The van der Waals surface area contributed by atoms with Gasteiger partial charge in [0.25, 0.3) is 0 Å². The number of aliphatic hydroxyl groups excluding tert-OH is 1. The molecule has 0 aliphatic carbocycles. The van der Waals surface area contributed by atoms with Crippen LogP contribution in [-0.4, -0.2) is 10.1 Å². The Labute approximate surface area is 114 Å². The van der Waals surface area contributed by atoms with Gasteiger partial charge in [-0.1, -0.05) is 18.2 Å². The lowest BCUT2D eigenvalue weighted by atomic mass is 10.0. The maximum Gasteiger partial charge on any atom is 0.126 e. The summed E-state index contributed by atoms with van der Waals surface area (Å²) in [5.74, 6) is -1.43. The highest BCUT2D eigenvalue weighted by Crippen LogP contribution is 2.25. The lowest BCUT2D eigenvalue weighted by Crippen LogP contribution is -2.02. The zero-order chi connectivity index (χ0) is 14.1. The van der Waals surface area contributed by atoms with Crippen LogP contribution in [0.25, 0.3) is 10.9 Å². The van der Waals surface area contributed by atoms with Crippen LogP contribution in [0.15, 0.2) is 54.7 Å². The van der Waals surface area contributed by atoms with Crippen LogP contribution in [0.5, 0.6) is 0 Å². The van der Waals surface area contributed by atoms with E-state index in [1.54, 1.807) is 6.07 Å². The molecule has 3 rings (SSSR count). The van der Waals surface area contributed by atoms with E-state index in [0.29, 0.717) is 5.56 Å². The maximum atomic E-state index is 13.2. The van der Waals surface area contributed by atoms with E-state index in [0.717, 1.165) is 29.1 Å². The minimum Gasteiger partial charge on any atom is -0.384 e. The van der Waals surface area contributed by atoms with Crippen LogP contribution in [0.1, 0.15) is 17.2 Å². The van der Waals surface area contributed by atoms with Gasteiger partial charge in [-0.2, -0.15) is 0 Å². The average Bonchev–Trinajstić information content (AvgIpc) is 2.45. The molecule has 1 unspecified atom stereocenters. The number of rotatable bonds is 2. The zero-order valence-corrected chi connectivity index (χ0v) is 10.4. The SMILES string of the molecule is OC(c1cc(F)cc(F)c1)c1cnc2ccccc2c1. The summed E-state index contributed by atoms with van der Waals surface area (Å²) >= 11 is 0. The van der Waals surface area contributed by atoms with Gasteiger partial charge >= 0.3 is 0 Å². The lowest BCUT2D eigenvalue weighted by molar-refractivity contribution is 0.219. The molecule has 0 aliphatic heterocycles. The summed E-state index contributed by atoms with van der Waals surface area (Å²) in [6, 6.07) is 12.2. The van der Waals surface area contributed by atoms with E-state index in [9.17, 15) is 13.9 Å². The molecular weight excluding hydrogens is 260 g/mol. The minimum absolute atomic E-state index is 0.166. The molecule has 4 heteroatoms. The molecule has 1 atom stereocenters. The Morgan fingerprint density at radius 2 is 1.60 bits per heavy atom. The summed E-state index contributed by atoms with van der Waals surface area (Å²) in [6.45, 7) is 0. The molecule has 0 radical (unpaired) electrons. The standard InChI is InChI=1S/C16H11F2NO/c17-13-6-11(7-14(18)8-13)16(20)12-5-10-3-1-2-4-15(10)19-9-12/h1-9,16,20H. The third-order valence-corrected chi connectivity index (χ3v) is 3.13. The molecule has 3 aromatic rings. The first-order chi connectivity index (χ1) is 9.63. The number of aliphatic hydroxyl groups is 1. The van der Waals surface area contributed by atoms with E-state index in [1.807, 2.05) is 24.3 Å². The minimum atomic E-state index is -1.11. The Kier molecular flexibility index (Phi) is 3.16. The summed E-state index contributed by atoms with van der Waals surface area (Å²) in [4.78, 5) is 4.23. The summed E-state index contributed by atoms with van der Waals surface area (Å²) in [5.41, 5.74) is 1.46. The third kappa shape index (κ3) is 2.38. The smallest absolute Gasteiger partial charge is 0.126 e. The van der Waals surface area contributed by atoms with E-state index in [-0.39, 0.29) is 5.56 Å². The Hall–Kier alpha value is -2.33. The number of pyridine rings is 1. The van der Waals surface area contributed by atoms with Gasteiger partial charge in [0.2, 0.25) is 0 Å². The molecule has 2 nitrogen and oxygen atoms in total. The van der Waals surface area contributed by atoms with Crippen LogP contribution < -0.4 is 0 Å². The summed E-state index contributed by atoms with van der Waals surface area (Å²) in [5, 5.41) is 11.1. The van der Waals surface area contributed by atoms with E-state index < -0.39 is 17.7 Å². The first kappa shape index (κ1) is 12.7. The maximum absolute atomic E-state index is 13.2. The quantitative estimate of drug-likeness (QED) is 0.772. The van der Waals surface area contributed by atoms with Crippen molar-refractivity contribution in [3.63, 3.8) is 0 Å². The molecule has 100 valence electrons. The number of hydrogen-bond acceptors (Lipinski definition) is 2. The number of aromatic nitrogens is 1. The van der Waals surface area contributed by atoms with Gasteiger partial charge in [0.05, 0.1) is 5.52 Å². The van der Waals surface area contributed by atoms with E-state index in [1.165, 1.54) is 6.20 Å². The van der Waals surface area contributed by atoms with Crippen molar-refractivity contribution in [2.45, 2.75) is 6.10 Å². The van der Waals surface area contributed by atoms with Gasteiger partial charge in [-0.05, 0) is 29.8 Å². The fraction of sp³-hybridized carbons (Fsp3) is 0.0625. The predicted octanol–water partition coefficient (Wildman–Crippen LogP) is 3.59. The van der Waals surface area contributed by atoms with Gasteiger partial charge in [0.15, 0.2) is 0 Å². The number of hydrogen-bond donors (Lipinski definition) is 1. The number of para-hydroxylation sites is 1. The molecule has 0 spiro atoms. The number of benzene rings is 2. The fourth-order valence-electron chi connectivity index (χ4n) is 2.16. The Morgan fingerprint density at radius 3 is 2.35 bits per heavy atom. The topological polar surface area (TPSA) is 33.1 Å². The summed E-state index contributed by atoms with van der Waals surface area (Å²) < 4.78 is 26.4. The molecule has 1 N–H and O–H groups in total. The molecule has 0 fully saturated rings. The van der Waals surface area contributed by atoms with Crippen molar-refractivity contribution >= 4 is 10.9 Å². The second-order valence-corrected chi connectivity index (χ2v) is 4.57. The largest absolute Gasteiger partial charge is 0.384 e. The van der Waals surface area contributed by atoms with Crippen molar-refractivity contribution in [1.82, 2.24) is 4.98 Å². The number of fused-ring (bicyclic) bond motifs is 1. The second kappa shape index (κ2) is 4.98. The van der Waals surface area contributed by atoms with Crippen LogP contribution in [0.3, 0.4) is 0 Å². The molecule has 0 aliphatic rings. The highest BCUT2D eigenvalue weighted by Gasteiger charge is 2.13. The first-order valence-corrected chi connectivity index (χ1v) is 6.12. The van der Waals surface area contributed by atoms with Crippen molar-refractivity contribution in [2.75, 3.05) is 0 Å². The Balaban J connectivity index is 2.05. The fourth-order valence-corrected chi connectivity index (χ4v) is 2.16. The zero-order valence-electron chi connectivity index (χ0n) is 10.4. The Morgan fingerprint density at radius 1 is 0.900 bits per heavy atom. The summed E-state index contributed by atoms with van der Waals surface area (Å²) in [7, 11) is 0. The van der Waals surface area contributed by atoms with Gasteiger partial charge < -0.3 is 5.11 Å². The molecule has 0 bridgehead atoms. The molecule has 1 aromatic heterocycles. The van der Waals surface area contributed by atoms with Gasteiger partial charge in [-0.15, -0.1) is 0 Å². The van der Waals surface area contributed by atoms with Crippen LogP contribution in [0.4, 0.5) is 8.78 Å². The third-order valence-electron chi connectivity index (χ3n) is 3.13. The van der Waals surface area contributed by atoms with E-state index in [4.69, 9.17) is 0 Å². The van der Waals surface area contributed by atoms with Crippen molar-refractivity contribution in [3.8, 4) is 0 Å². The van der Waals surface area contributed by atoms with Crippen molar-refractivity contribution < 1.29 is 13.9 Å². The van der Waals surface area contributed by atoms with Crippen LogP contribution >= 0.6 is 0 Å². The highest BCUT2D eigenvalue weighted by atomic mass is 19.1. The predicted molar refractivity (Wildman–Crippen MR) is 72.2 cm³/mol. The molecule has 1 heterocycles.